The molecule has 0 saturated heterocycles. The zero-order chi connectivity index (χ0) is 21.9. The molecular formula is C20H18F2N2O2S4. The topological polar surface area (TPSA) is 43.3 Å². The molecule has 1 heterocycles. The number of hydrogen-bond donors (Lipinski definition) is 4. The van der Waals surface area contributed by atoms with Crippen molar-refractivity contribution in [2.75, 3.05) is 10.5 Å². The van der Waals surface area contributed by atoms with Gasteiger partial charge in [-0.3, -0.25) is 9.36 Å². The Kier molecular flexibility index (Phi) is 7.33. The molecule has 3 aromatic rings. The third kappa shape index (κ3) is 5.48. The Labute approximate surface area is 193 Å². The minimum absolute atomic E-state index is 0.124. The van der Waals surface area contributed by atoms with E-state index in [1.807, 2.05) is 6.92 Å². The quantitative estimate of drug-likeness (QED) is 0.188. The van der Waals surface area contributed by atoms with E-state index in [-0.39, 0.29) is 11.3 Å². The van der Waals surface area contributed by atoms with Crippen LogP contribution in [-0.4, -0.2) is 10.3 Å². The number of thiol groups is 3. The van der Waals surface area contributed by atoms with Gasteiger partial charge in [-0.1, -0.05) is 18.9 Å². The minimum atomic E-state index is -1.33. The molecule has 0 aliphatic heterocycles. The molecule has 0 unspecified atom stereocenters. The average Bonchev–Trinajstić information content (AvgIpc) is 2.68. The van der Waals surface area contributed by atoms with Gasteiger partial charge >= 0.3 is 0 Å². The van der Waals surface area contributed by atoms with Crippen molar-refractivity contribution in [1.82, 2.24) is 4.57 Å². The van der Waals surface area contributed by atoms with Crippen molar-refractivity contribution in [3.8, 4) is 22.6 Å². The Bertz CT molecular complexity index is 1120. The van der Waals surface area contributed by atoms with E-state index in [9.17, 15) is 13.6 Å². The van der Waals surface area contributed by atoms with Gasteiger partial charge in [0.15, 0.2) is 15.1 Å². The lowest BCUT2D eigenvalue weighted by atomic mass is 10.1. The van der Waals surface area contributed by atoms with Crippen LogP contribution in [0.25, 0.3) is 11.1 Å². The number of halogens is 2. The summed E-state index contributed by atoms with van der Waals surface area (Å²) in [4.78, 5) is 12.2. The predicted molar refractivity (Wildman–Crippen MR) is 129 cm³/mol. The first-order valence-corrected chi connectivity index (χ1v) is 11.1. The van der Waals surface area contributed by atoms with Crippen LogP contribution < -0.4 is 15.0 Å². The molecule has 0 amide bonds. The molecule has 30 heavy (non-hydrogen) atoms. The summed E-state index contributed by atoms with van der Waals surface area (Å²) in [6.07, 6.45) is 1.54. The Morgan fingerprint density at radius 2 is 1.80 bits per heavy atom. The lowest BCUT2D eigenvalue weighted by Crippen LogP contribution is -2.27. The molecule has 0 fully saturated rings. The zero-order valence-corrected chi connectivity index (χ0v) is 19.2. The maximum Gasteiger partial charge on any atom is 0.253 e. The first-order chi connectivity index (χ1) is 14.2. The SMILES string of the molecule is CCSNc1ccc(Oc2ccc(F)cc2F)c(-c2ccc(=O)n(C(S)(S)S)c2)c1. The van der Waals surface area contributed by atoms with Gasteiger partial charge in [0.25, 0.3) is 5.56 Å². The number of benzene rings is 2. The van der Waals surface area contributed by atoms with Gasteiger partial charge in [-0.15, -0.1) is 37.9 Å². The molecule has 0 bridgehead atoms. The third-order valence-corrected chi connectivity index (χ3v) is 5.29. The summed E-state index contributed by atoms with van der Waals surface area (Å²) in [7, 11) is 0. The van der Waals surface area contributed by atoms with Crippen LogP contribution in [0.1, 0.15) is 6.92 Å². The first kappa shape index (κ1) is 22.9. The molecule has 1 aromatic heterocycles. The number of rotatable bonds is 7. The third-order valence-electron chi connectivity index (χ3n) is 3.97. The van der Waals surface area contributed by atoms with Crippen LogP contribution >= 0.6 is 49.8 Å². The summed E-state index contributed by atoms with van der Waals surface area (Å²) in [5.41, 5.74) is 1.62. The van der Waals surface area contributed by atoms with Gasteiger partial charge in [0, 0.05) is 40.9 Å². The van der Waals surface area contributed by atoms with Gasteiger partial charge in [-0.05, 0) is 36.4 Å². The van der Waals surface area contributed by atoms with Crippen molar-refractivity contribution in [2.24, 2.45) is 0 Å². The zero-order valence-electron chi connectivity index (χ0n) is 15.7. The molecule has 158 valence electrons. The molecule has 3 rings (SSSR count). The highest BCUT2D eigenvalue weighted by Gasteiger charge is 2.20. The van der Waals surface area contributed by atoms with E-state index in [1.54, 1.807) is 24.3 Å². The molecule has 0 saturated carbocycles. The molecule has 0 aliphatic carbocycles. The Hall–Kier alpha value is -1.75. The molecule has 0 spiro atoms. The van der Waals surface area contributed by atoms with E-state index in [1.165, 1.54) is 34.8 Å². The lowest BCUT2D eigenvalue weighted by Gasteiger charge is -2.21. The summed E-state index contributed by atoms with van der Waals surface area (Å²) < 4.78 is 36.2. The van der Waals surface area contributed by atoms with Crippen molar-refractivity contribution < 1.29 is 13.5 Å². The maximum absolute atomic E-state index is 14.1. The Morgan fingerprint density at radius 3 is 2.47 bits per heavy atom. The fraction of sp³-hybridized carbons (Fsp3) is 0.150. The van der Waals surface area contributed by atoms with Crippen LogP contribution in [0.4, 0.5) is 14.5 Å². The summed E-state index contributed by atoms with van der Waals surface area (Å²) in [6.45, 7) is 2.01. The van der Waals surface area contributed by atoms with Crippen molar-refractivity contribution in [3.05, 3.63) is 76.7 Å². The fourth-order valence-corrected chi connectivity index (χ4v) is 3.53. The summed E-state index contributed by atoms with van der Waals surface area (Å²) in [5.74, 6) is -0.478. The smallest absolute Gasteiger partial charge is 0.253 e. The second-order valence-electron chi connectivity index (χ2n) is 6.15. The van der Waals surface area contributed by atoms with E-state index in [0.29, 0.717) is 16.9 Å². The summed E-state index contributed by atoms with van der Waals surface area (Å²) in [6, 6.07) is 11.3. The van der Waals surface area contributed by atoms with Crippen LogP contribution in [0, 0.1) is 11.6 Å². The highest BCUT2D eigenvalue weighted by molar-refractivity contribution is 8.15. The maximum atomic E-state index is 14.1. The van der Waals surface area contributed by atoms with Crippen LogP contribution in [0.2, 0.25) is 0 Å². The highest BCUT2D eigenvalue weighted by atomic mass is 32.2. The predicted octanol–water partition coefficient (Wildman–Crippen LogP) is 6.02. The van der Waals surface area contributed by atoms with Crippen LogP contribution in [0.5, 0.6) is 11.5 Å². The second kappa shape index (κ2) is 9.59. The van der Waals surface area contributed by atoms with E-state index in [4.69, 9.17) is 4.74 Å². The molecule has 0 radical (unpaired) electrons. The number of pyridine rings is 1. The van der Waals surface area contributed by atoms with E-state index in [0.717, 1.165) is 23.6 Å². The largest absolute Gasteiger partial charge is 0.454 e. The van der Waals surface area contributed by atoms with Gasteiger partial charge in [0.2, 0.25) is 0 Å². The van der Waals surface area contributed by atoms with Gasteiger partial charge in [-0.25, -0.2) is 8.78 Å². The molecule has 10 heteroatoms. The molecule has 0 atom stereocenters. The Morgan fingerprint density at radius 1 is 1.07 bits per heavy atom. The summed E-state index contributed by atoms with van der Waals surface area (Å²) in [5, 5.41) is 0. The number of anilines is 1. The first-order valence-electron chi connectivity index (χ1n) is 8.74. The van der Waals surface area contributed by atoms with Crippen molar-refractivity contribution in [2.45, 2.75) is 10.5 Å². The number of hydrogen-bond acceptors (Lipinski definition) is 7. The Balaban J connectivity index is 2.11. The van der Waals surface area contributed by atoms with Gasteiger partial charge in [0.1, 0.15) is 11.6 Å². The number of ether oxygens (including phenoxy) is 1. The van der Waals surface area contributed by atoms with Crippen molar-refractivity contribution in [3.63, 3.8) is 0 Å². The second-order valence-corrected chi connectivity index (χ2v) is 10.2. The molecular weight excluding hydrogens is 466 g/mol. The summed E-state index contributed by atoms with van der Waals surface area (Å²) >= 11 is 14.2. The number of nitrogens with zero attached hydrogens (tertiary/aromatic N) is 1. The van der Waals surface area contributed by atoms with Crippen LogP contribution in [0.3, 0.4) is 0 Å². The molecule has 2 aromatic carbocycles. The molecule has 0 aliphatic rings. The van der Waals surface area contributed by atoms with Crippen molar-refractivity contribution in [1.29, 1.82) is 0 Å². The normalized spacial score (nSPS) is 11.4. The van der Waals surface area contributed by atoms with Gasteiger partial charge in [0.05, 0.1) is 0 Å². The molecule has 1 N–H and O–H groups in total. The number of aromatic nitrogens is 1. The van der Waals surface area contributed by atoms with Gasteiger partial charge < -0.3 is 9.46 Å². The van der Waals surface area contributed by atoms with Crippen molar-refractivity contribution >= 4 is 55.5 Å². The molecule has 4 nitrogen and oxygen atoms in total. The van der Waals surface area contributed by atoms with Crippen LogP contribution in [0.15, 0.2) is 59.5 Å². The monoisotopic (exact) mass is 484 g/mol. The van der Waals surface area contributed by atoms with E-state index < -0.39 is 15.2 Å². The van der Waals surface area contributed by atoms with Crippen LogP contribution in [-0.2, 0) is 3.54 Å². The van der Waals surface area contributed by atoms with E-state index >= 15 is 0 Å². The highest BCUT2D eigenvalue weighted by Crippen LogP contribution is 2.38. The fourth-order valence-electron chi connectivity index (χ4n) is 2.62. The minimum Gasteiger partial charge on any atom is -0.454 e. The lowest BCUT2D eigenvalue weighted by molar-refractivity contribution is 0.439. The number of nitrogens with one attached hydrogen (secondary N) is 1. The standard InChI is InChI=1S/C20H18F2N2O2S4/c1-2-30-23-14-5-7-17(26-18-6-4-13(21)9-16(18)22)15(10-14)12-3-8-19(25)24(11-12)20(27,28)29/h3-11,23,27-29H,2H2,1H3. The average molecular weight is 485 g/mol. The van der Waals surface area contributed by atoms with E-state index in [2.05, 4.69) is 42.6 Å². The van der Waals surface area contributed by atoms with Gasteiger partial charge in [-0.2, -0.15) is 0 Å².